The Labute approximate surface area is 124 Å². The van der Waals surface area contributed by atoms with Crippen LogP contribution >= 0.6 is 0 Å². The Hall–Kier alpha value is -1.88. The van der Waals surface area contributed by atoms with Gasteiger partial charge in [0.25, 0.3) is 0 Å². The highest BCUT2D eigenvalue weighted by Crippen LogP contribution is 2.29. The summed E-state index contributed by atoms with van der Waals surface area (Å²) < 4.78 is 0. The molecule has 21 heavy (non-hydrogen) atoms. The number of aliphatic carboxylic acids is 1. The van der Waals surface area contributed by atoms with Gasteiger partial charge >= 0.3 is 5.97 Å². The van der Waals surface area contributed by atoms with Gasteiger partial charge in [0.2, 0.25) is 5.91 Å². The number of hydrogen-bond donors (Lipinski definition) is 3. The third kappa shape index (κ3) is 3.42. The third-order valence-electron chi connectivity index (χ3n) is 4.37. The number of hydrogen-bond acceptors (Lipinski definition) is 3. The molecule has 2 rings (SSSR count). The van der Waals surface area contributed by atoms with Gasteiger partial charge in [-0.05, 0) is 24.9 Å². The van der Waals surface area contributed by atoms with Gasteiger partial charge in [-0.25, -0.2) is 0 Å². The molecule has 0 spiro atoms. The van der Waals surface area contributed by atoms with Gasteiger partial charge in [-0.1, -0.05) is 37.3 Å². The lowest BCUT2D eigenvalue weighted by Gasteiger charge is -2.26. The fourth-order valence-electron chi connectivity index (χ4n) is 2.82. The van der Waals surface area contributed by atoms with Crippen LogP contribution < -0.4 is 10.6 Å². The van der Waals surface area contributed by atoms with Gasteiger partial charge in [0.15, 0.2) is 0 Å². The molecule has 1 saturated heterocycles. The molecule has 1 fully saturated rings. The van der Waals surface area contributed by atoms with Crippen LogP contribution in [-0.2, 0) is 9.59 Å². The largest absolute Gasteiger partial charge is 0.481 e. The van der Waals surface area contributed by atoms with Crippen LogP contribution in [0.25, 0.3) is 0 Å². The van der Waals surface area contributed by atoms with E-state index < -0.39 is 11.9 Å². The SMILES string of the molecule is CCC1(C(=O)NCC(C(=O)O)c2ccccc2)CCNC1. The minimum atomic E-state index is -0.920. The van der Waals surface area contributed by atoms with Gasteiger partial charge in [-0.3, -0.25) is 9.59 Å². The Balaban J connectivity index is 2.02. The van der Waals surface area contributed by atoms with Crippen LogP contribution in [0.3, 0.4) is 0 Å². The van der Waals surface area contributed by atoms with E-state index in [0.717, 1.165) is 19.4 Å². The van der Waals surface area contributed by atoms with Crippen LogP contribution in [0.4, 0.5) is 0 Å². The molecule has 114 valence electrons. The van der Waals surface area contributed by atoms with Crippen molar-refractivity contribution in [2.24, 2.45) is 5.41 Å². The highest BCUT2D eigenvalue weighted by atomic mass is 16.4. The van der Waals surface area contributed by atoms with Gasteiger partial charge in [0, 0.05) is 13.1 Å². The molecule has 3 N–H and O–H groups in total. The van der Waals surface area contributed by atoms with Crippen LogP contribution in [0.5, 0.6) is 0 Å². The van der Waals surface area contributed by atoms with Crippen LogP contribution in [0, 0.1) is 5.41 Å². The number of carbonyl (C=O) groups excluding carboxylic acids is 1. The van der Waals surface area contributed by atoms with Crippen molar-refractivity contribution in [1.82, 2.24) is 10.6 Å². The van der Waals surface area contributed by atoms with Gasteiger partial charge in [-0.15, -0.1) is 0 Å². The molecule has 1 aromatic rings. The lowest BCUT2D eigenvalue weighted by atomic mass is 9.83. The monoisotopic (exact) mass is 290 g/mol. The third-order valence-corrected chi connectivity index (χ3v) is 4.37. The Morgan fingerprint density at radius 3 is 2.62 bits per heavy atom. The zero-order valence-electron chi connectivity index (χ0n) is 12.3. The first-order chi connectivity index (χ1) is 10.1. The molecule has 0 radical (unpaired) electrons. The highest BCUT2D eigenvalue weighted by Gasteiger charge is 2.39. The average Bonchev–Trinajstić information content (AvgIpc) is 2.98. The fraction of sp³-hybridized carbons (Fsp3) is 0.500. The molecule has 1 aromatic carbocycles. The zero-order valence-corrected chi connectivity index (χ0v) is 12.3. The predicted molar refractivity (Wildman–Crippen MR) is 80.0 cm³/mol. The summed E-state index contributed by atoms with van der Waals surface area (Å²) in [5, 5.41) is 15.4. The van der Waals surface area contributed by atoms with Crippen molar-refractivity contribution >= 4 is 11.9 Å². The van der Waals surface area contributed by atoms with Crippen LogP contribution in [-0.4, -0.2) is 36.6 Å². The highest BCUT2D eigenvalue weighted by molar-refractivity contribution is 5.84. The Kier molecular flexibility index (Phi) is 4.96. The lowest BCUT2D eigenvalue weighted by molar-refractivity contribution is -0.139. The first kappa shape index (κ1) is 15.5. The molecule has 2 unspecified atom stereocenters. The maximum absolute atomic E-state index is 12.4. The van der Waals surface area contributed by atoms with Gasteiger partial charge in [-0.2, -0.15) is 0 Å². The topological polar surface area (TPSA) is 78.4 Å². The fourth-order valence-corrected chi connectivity index (χ4v) is 2.82. The number of nitrogens with one attached hydrogen (secondary N) is 2. The predicted octanol–water partition coefficient (Wildman–Crippen LogP) is 1.36. The van der Waals surface area contributed by atoms with Crippen LogP contribution in [0.15, 0.2) is 30.3 Å². The maximum atomic E-state index is 12.4. The first-order valence-corrected chi connectivity index (χ1v) is 7.36. The molecular formula is C16H22N2O3. The molecule has 1 aliphatic heterocycles. The summed E-state index contributed by atoms with van der Waals surface area (Å²) in [6.07, 6.45) is 1.56. The van der Waals surface area contributed by atoms with Crippen LogP contribution in [0.1, 0.15) is 31.2 Å². The van der Waals surface area contributed by atoms with Crippen LogP contribution in [0.2, 0.25) is 0 Å². The van der Waals surface area contributed by atoms with E-state index in [1.165, 1.54) is 0 Å². The minimum Gasteiger partial charge on any atom is -0.481 e. The zero-order chi connectivity index (χ0) is 15.3. The number of carboxylic acids is 1. The molecule has 0 bridgehead atoms. The van der Waals surface area contributed by atoms with Crippen molar-refractivity contribution in [3.63, 3.8) is 0 Å². The molecule has 0 aliphatic carbocycles. The smallest absolute Gasteiger partial charge is 0.312 e. The molecule has 5 nitrogen and oxygen atoms in total. The second-order valence-corrected chi connectivity index (χ2v) is 5.57. The maximum Gasteiger partial charge on any atom is 0.312 e. The van der Waals surface area contributed by atoms with Crippen molar-refractivity contribution in [3.05, 3.63) is 35.9 Å². The van der Waals surface area contributed by atoms with E-state index in [4.69, 9.17) is 0 Å². The van der Waals surface area contributed by atoms with Gasteiger partial charge in [0.05, 0.1) is 11.3 Å². The molecule has 0 aromatic heterocycles. The number of carbonyl (C=O) groups is 2. The Morgan fingerprint density at radius 2 is 2.10 bits per heavy atom. The molecule has 1 aliphatic rings. The van der Waals surface area contributed by atoms with E-state index in [0.29, 0.717) is 12.1 Å². The molecule has 0 saturated carbocycles. The number of amides is 1. The normalized spacial score (nSPS) is 22.7. The summed E-state index contributed by atoms with van der Waals surface area (Å²) in [6, 6.07) is 9.01. The van der Waals surface area contributed by atoms with Crippen molar-refractivity contribution in [2.75, 3.05) is 19.6 Å². The summed E-state index contributed by atoms with van der Waals surface area (Å²) in [5.74, 6) is -1.67. The van der Waals surface area contributed by atoms with E-state index in [9.17, 15) is 14.7 Å². The summed E-state index contributed by atoms with van der Waals surface area (Å²) in [7, 11) is 0. The van der Waals surface area contributed by atoms with Gasteiger partial charge in [0.1, 0.15) is 0 Å². The van der Waals surface area contributed by atoms with Crippen molar-refractivity contribution < 1.29 is 14.7 Å². The number of benzene rings is 1. The number of rotatable bonds is 6. The van der Waals surface area contributed by atoms with E-state index in [-0.39, 0.29) is 17.9 Å². The molecule has 5 heteroatoms. The van der Waals surface area contributed by atoms with Crippen molar-refractivity contribution in [2.45, 2.75) is 25.7 Å². The summed E-state index contributed by atoms with van der Waals surface area (Å²) in [5.41, 5.74) is 0.320. The average molecular weight is 290 g/mol. The van der Waals surface area contributed by atoms with Crippen molar-refractivity contribution in [3.8, 4) is 0 Å². The van der Waals surface area contributed by atoms with E-state index in [1.54, 1.807) is 12.1 Å². The minimum absolute atomic E-state index is 0.0443. The van der Waals surface area contributed by atoms with Crippen molar-refractivity contribution in [1.29, 1.82) is 0 Å². The summed E-state index contributed by atoms with van der Waals surface area (Å²) in [4.78, 5) is 23.8. The second kappa shape index (κ2) is 6.72. The Bertz CT molecular complexity index is 496. The first-order valence-electron chi connectivity index (χ1n) is 7.36. The number of carboxylic acid groups (broad SMARTS) is 1. The molecular weight excluding hydrogens is 268 g/mol. The lowest BCUT2D eigenvalue weighted by Crippen LogP contribution is -2.44. The van der Waals surface area contributed by atoms with E-state index >= 15 is 0 Å². The van der Waals surface area contributed by atoms with Gasteiger partial charge < -0.3 is 15.7 Å². The van der Waals surface area contributed by atoms with E-state index in [2.05, 4.69) is 10.6 Å². The Morgan fingerprint density at radius 1 is 1.38 bits per heavy atom. The molecule has 1 heterocycles. The van der Waals surface area contributed by atoms with E-state index in [1.807, 2.05) is 25.1 Å². The second-order valence-electron chi connectivity index (χ2n) is 5.57. The molecule has 1 amide bonds. The molecule has 2 atom stereocenters. The quantitative estimate of drug-likeness (QED) is 0.739. The summed E-state index contributed by atoms with van der Waals surface area (Å²) >= 11 is 0. The summed E-state index contributed by atoms with van der Waals surface area (Å²) in [6.45, 7) is 3.62. The standard InChI is InChI=1S/C16H22N2O3/c1-2-16(8-9-17-11-16)15(21)18-10-13(14(19)20)12-6-4-3-5-7-12/h3-7,13,17H,2,8-11H2,1H3,(H,18,21)(H,19,20).